The van der Waals surface area contributed by atoms with Crippen LogP contribution in [-0.2, 0) is 4.79 Å². The Hall–Kier alpha value is -1.19. The molecule has 4 N–H and O–H groups in total. The van der Waals surface area contributed by atoms with Crippen LogP contribution in [-0.4, -0.2) is 35.2 Å². The largest absolute Gasteiger partial charge is 0.480 e. The fourth-order valence-corrected chi connectivity index (χ4v) is 1.66. The second kappa shape index (κ2) is 8.15. The third-order valence-electron chi connectivity index (χ3n) is 1.57. The van der Waals surface area contributed by atoms with Crippen molar-refractivity contribution in [1.29, 1.82) is 5.26 Å². The van der Waals surface area contributed by atoms with Crippen LogP contribution in [0, 0.1) is 11.3 Å². The maximum atomic E-state index is 10.8. The quantitative estimate of drug-likeness (QED) is 0.512. The number of nitrogens with one attached hydrogen (secondary N) is 1. The summed E-state index contributed by atoms with van der Waals surface area (Å²) in [5.74, 6) is 0.0988. The molecule has 6 heteroatoms. The van der Waals surface area contributed by atoms with Gasteiger partial charge < -0.3 is 16.2 Å². The zero-order valence-electron chi connectivity index (χ0n) is 8.40. The van der Waals surface area contributed by atoms with Crippen LogP contribution in [0.25, 0.3) is 0 Å². The monoisotopic (exact) mass is 229 g/mol. The molecule has 0 aliphatic carbocycles. The van der Waals surface area contributed by atoms with Crippen LogP contribution in [0.2, 0.25) is 0 Å². The lowest BCUT2D eigenvalue weighted by Gasteiger charge is -2.15. The molecule has 0 saturated heterocycles. The molecule has 0 aromatic rings. The highest BCUT2D eigenvalue weighted by atomic mass is 32.2. The number of nitrogens with two attached hydrogens (primary N) is 1. The van der Waals surface area contributed by atoms with Gasteiger partial charge in [-0.1, -0.05) is 6.58 Å². The number of carbonyl (C=O) groups is 1. The van der Waals surface area contributed by atoms with Crippen molar-refractivity contribution in [3.63, 3.8) is 0 Å². The van der Waals surface area contributed by atoms with Crippen molar-refractivity contribution >= 4 is 17.7 Å². The van der Waals surface area contributed by atoms with Gasteiger partial charge in [0.1, 0.15) is 6.04 Å². The van der Waals surface area contributed by atoms with Crippen LogP contribution in [0.5, 0.6) is 0 Å². The van der Waals surface area contributed by atoms with Crippen LogP contribution in [0.1, 0.15) is 6.42 Å². The number of carboxylic acids is 1. The molecular formula is C9H15N3O2S. The van der Waals surface area contributed by atoms with Gasteiger partial charge in [0, 0.05) is 30.2 Å². The molecule has 0 aliphatic rings. The zero-order valence-corrected chi connectivity index (χ0v) is 9.22. The van der Waals surface area contributed by atoms with Crippen LogP contribution in [0.4, 0.5) is 0 Å². The lowest BCUT2D eigenvalue weighted by Crippen LogP contribution is -2.39. The Kier molecular flexibility index (Phi) is 7.50. The third-order valence-corrected chi connectivity index (χ3v) is 2.63. The highest BCUT2D eigenvalue weighted by molar-refractivity contribution is 7.99. The highest BCUT2D eigenvalue weighted by Crippen LogP contribution is 2.05. The van der Waals surface area contributed by atoms with Crippen molar-refractivity contribution in [2.24, 2.45) is 5.73 Å². The molecule has 84 valence electrons. The van der Waals surface area contributed by atoms with E-state index in [0.29, 0.717) is 23.6 Å². The Morgan fingerprint density at radius 3 is 2.87 bits per heavy atom. The van der Waals surface area contributed by atoms with Gasteiger partial charge in [-0.05, 0) is 0 Å². The number of rotatable bonds is 8. The minimum absolute atomic E-state index is 0.215. The molecule has 1 unspecified atom stereocenters. The topological polar surface area (TPSA) is 99.1 Å². The molecule has 0 aliphatic heterocycles. The van der Waals surface area contributed by atoms with Gasteiger partial charge in [0.2, 0.25) is 0 Å². The molecule has 0 fully saturated rings. The second-order valence-corrected chi connectivity index (χ2v) is 3.98. The van der Waals surface area contributed by atoms with E-state index in [1.165, 1.54) is 11.8 Å². The Bertz CT molecular complexity index is 263. The lowest BCUT2D eigenvalue weighted by atomic mass is 10.3. The van der Waals surface area contributed by atoms with E-state index in [0.717, 1.165) is 0 Å². The smallest absolute Gasteiger partial charge is 0.326 e. The summed E-state index contributed by atoms with van der Waals surface area (Å²) in [5.41, 5.74) is 5.80. The first kappa shape index (κ1) is 13.8. The zero-order chi connectivity index (χ0) is 11.7. The van der Waals surface area contributed by atoms with Crippen molar-refractivity contribution in [3.8, 4) is 6.07 Å². The van der Waals surface area contributed by atoms with E-state index in [-0.39, 0.29) is 6.54 Å². The summed E-state index contributed by atoms with van der Waals surface area (Å²) in [7, 11) is 0. The summed E-state index contributed by atoms with van der Waals surface area (Å²) in [6, 6.07) is 1.31. The number of aliphatic carboxylic acids is 1. The maximum Gasteiger partial charge on any atom is 0.326 e. The van der Waals surface area contributed by atoms with E-state index >= 15 is 0 Å². The van der Waals surface area contributed by atoms with Crippen LogP contribution in [0.3, 0.4) is 0 Å². The molecule has 0 aromatic carbocycles. The first-order chi connectivity index (χ1) is 7.11. The average Bonchev–Trinajstić information content (AvgIpc) is 2.21. The Balaban J connectivity index is 3.90. The first-order valence-corrected chi connectivity index (χ1v) is 5.59. The summed E-state index contributed by atoms with van der Waals surface area (Å²) in [5, 5.41) is 19.9. The summed E-state index contributed by atoms with van der Waals surface area (Å²) in [6.45, 7) is 3.79. The molecule has 0 radical (unpaired) electrons. The molecule has 0 amide bonds. The Morgan fingerprint density at radius 1 is 1.73 bits per heavy atom. The number of nitrogens with zero attached hydrogens (tertiary/aromatic N) is 1. The van der Waals surface area contributed by atoms with Crippen molar-refractivity contribution in [2.45, 2.75) is 12.5 Å². The fourth-order valence-electron chi connectivity index (χ4n) is 0.799. The third kappa shape index (κ3) is 6.82. The van der Waals surface area contributed by atoms with Gasteiger partial charge in [0.15, 0.2) is 0 Å². The Labute approximate surface area is 93.3 Å². The highest BCUT2D eigenvalue weighted by Gasteiger charge is 2.16. The fraction of sp³-hybridized carbons (Fsp3) is 0.556. The van der Waals surface area contributed by atoms with Gasteiger partial charge in [0.05, 0.1) is 6.07 Å². The van der Waals surface area contributed by atoms with E-state index in [2.05, 4.69) is 11.9 Å². The van der Waals surface area contributed by atoms with Crippen molar-refractivity contribution < 1.29 is 9.90 Å². The number of carboxylic acid groups (broad SMARTS) is 1. The molecule has 0 spiro atoms. The van der Waals surface area contributed by atoms with E-state index in [1.54, 1.807) is 0 Å². The van der Waals surface area contributed by atoms with Gasteiger partial charge in [-0.3, -0.25) is 0 Å². The predicted octanol–water partition coefficient (Wildman–Crippen LogP) is 0.148. The lowest BCUT2D eigenvalue weighted by molar-refractivity contribution is -0.138. The minimum atomic E-state index is -0.936. The van der Waals surface area contributed by atoms with Gasteiger partial charge in [-0.2, -0.15) is 17.0 Å². The van der Waals surface area contributed by atoms with Crippen molar-refractivity contribution in [2.75, 3.05) is 18.1 Å². The van der Waals surface area contributed by atoms with Crippen molar-refractivity contribution in [3.05, 3.63) is 12.3 Å². The van der Waals surface area contributed by atoms with Gasteiger partial charge in [-0.25, -0.2) is 4.79 Å². The normalized spacial score (nSPS) is 11.5. The second-order valence-electron chi connectivity index (χ2n) is 2.83. The van der Waals surface area contributed by atoms with E-state index in [9.17, 15) is 4.79 Å². The first-order valence-electron chi connectivity index (χ1n) is 4.43. The van der Waals surface area contributed by atoms with Crippen molar-refractivity contribution in [1.82, 2.24) is 5.32 Å². The standard InChI is InChI=1S/C9H15N3O2S/c1-7(5-11)12-8(9(13)14)6-15-4-2-3-10/h8,12H,1-2,4-6,11H2,(H,13,14). The van der Waals surface area contributed by atoms with E-state index in [1.807, 2.05) is 6.07 Å². The number of thioether (sulfide) groups is 1. The predicted molar refractivity (Wildman–Crippen MR) is 60.3 cm³/mol. The van der Waals surface area contributed by atoms with Gasteiger partial charge >= 0.3 is 5.97 Å². The van der Waals surface area contributed by atoms with Crippen LogP contribution >= 0.6 is 11.8 Å². The summed E-state index contributed by atoms with van der Waals surface area (Å²) in [6.07, 6.45) is 0.425. The van der Waals surface area contributed by atoms with Crippen LogP contribution in [0.15, 0.2) is 12.3 Å². The number of hydrogen-bond acceptors (Lipinski definition) is 5. The summed E-state index contributed by atoms with van der Waals surface area (Å²) < 4.78 is 0. The minimum Gasteiger partial charge on any atom is -0.480 e. The molecule has 0 heterocycles. The summed E-state index contributed by atoms with van der Waals surface area (Å²) in [4.78, 5) is 10.8. The molecule has 1 atom stereocenters. The molecule has 0 bridgehead atoms. The van der Waals surface area contributed by atoms with E-state index in [4.69, 9.17) is 16.1 Å². The van der Waals surface area contributed by atoms with E-state index < -0.39 is 12.0 Å². The average molecular weight is 229 g/mol. The molecule has 0 rings (SSSR count). The van der Waals surface area contributed by atoms with Crippen LogP contribution < -0.4 is 11.1 Å². The number of nitriles is 1. The molecule has 0 saturated carbocycles. The maximum absolute atomic E-state index is 10.8. The number of hydrogen-bond donors (Lipinski definition) is 3. The van der Waals surface area contributed by atoms with Gasteiger partial charge in [0.25, 0.3) is 0 Å². The SMILES string of the molecule is C=C(CN)NC(CSCCC#N)C(=O)O. The molecule has 5 nitrogen and oxygen atoms in total. The molecule has 15 heavy (non-hydrogen) atoms. The Morgan fingerprint density at radius 2 is 2.40 bits per heavy atom. The molecular weight excluding hydrogens is 214 g/mol. The van der Waals surface area contributed by atoms with Gasteiger partial charge in [-0.15, -0.1) is 0 Å². The molecule has 0 aromatic heterocycles. The summed E-state index contributed by atoms with van der Waals surface area (Å²) >= 11 is 1.42.